The Morgan fingerprint density at radius 2 is 1.83 bits per heavy atom. The van der Waals surface area contributed by atoms with Gasteiger partial charge in [0, 0.05) is 31.0 Å². The number of thiophene rings is 1. The van der Waals surface area contributed by atoms with Crippen molar-refractivity contribution in [3.63, 3.8) is 0 Å². The van der Waals surface area contributed by atoms with Crippen LogP contribution in [0.2, 0.25) is 4.34 Å². The first-order valence-corrected chi connectivity index (χ1v) is 13.0. The summed E-state index contributed by atoms with van der Waals surface area (Å²) in [6.07, 6.45) is 3.41. The van der Waals surface area contributed by atoms with Gasteiger partial charge in [-0.15, -0.1) is 11.3 Å². The summed E-state index contributed by atoms with van der Waals surface area (Å²) in [5.41, 5.74) is 5.38. The van der Waals surface area contributed by atoms with E-state index in [4.69, 9.17) is 20.9 Å². The molecule has 35 heavy (non-hydrogen) atoms. The number of aromatic nitrogens is 1. The first-order valence-electron chi connectivity index (χ1n) is 11.8. The van der Waals surface area contributed by atoms with Gasteiger partial charge in [-0.3, -0.25) is 9.69 Å². The minimum absolute atomic E-state index is 0.0622. The monoisotopic (exact) mass is 506 g/mol. The molecule has 0 unspecified atom stereocenters. The van der Waals surface area contributed by atoms with Crippen molar-refractivity contribution in [1.82, 2.24) is 10.1 Å². The molecule has 0 bridgehead atoms. The second-order valence-electron chi connectivity index (χ2n) is 8.79. The van der Waals surface area contributed by atoms with Gasteiger partial charge < -0.3 is 9.26 Å². The van der Waals surface area contributed by atoms with Crippen molar-refractivity contribution in [3.05, 3.63) is 81.2 Å². The fourth-order valence-corrected chi connectivity index (χ4v) is 5.49. The van der Waals surface area contributed by atoms with E-state index in [2.05, 4.69) is 46.5 Å². The van der Waals surface area contributed by atoms with Crippen molar-refractivity contribution in [2.75, 3.05) is 20.2 Å². The summed E-state index contributed by atoms with van der Waals surface area (Å²) in [6, 6.07) is 20.1. The van der Waals surface area contributed by atoms with E-state index in [9.17, 15) is 4.79 Å². The molecule has 0 amide bonds. The highest BCUT2D eigenvalue weighted by Crippen LogP contribution is 2.32. The molecule has 0 N–H and O–H groups in total. The Hall–Kier alpha value is -2.93. The van der Waals surface area contributed by atoms with Gasteiger partial charge in [-0.05, 0) is 66.9 Å². The molecule has 5 rings (SSSR count). The molecule has 7 heteroatoms. The van der Waals surface area contributed by atoms with Crippen molar-refractivity contribution in [2.24, 2.45) is 0 Å². The zero-order valence-electron chi connectivity index (χ0n) is 19.6. The Balaban J connectivity index is 1.29. The van der Waals surface area contributed by atoms with Crippen LogP contribution in [-0.2, 0) is 13.0 Å². The van der Waals surface area contributed by atoms with E-state index in [0.717, 1.165) is 42.2 Å². The molecule has 3 heterocycles. The van der Waals surface area contributed by atoms with Gasteiger partial charge in [-0.25, -0.2) is 0 Å². The van der Waals surface area contributed by atoms with Gasteiger partial charge in [0.05, 0.1) is 16.3 Å². The number of likely N-dealkylation sites (tertiary alicyclic amines) is 1. The van der Waals surface area contributed by atoms with E-state index in [1.807, 2.05) is 12.1 Å². The van der Waals surface area contributed by atoms with E-state index in [1.54, 1.807) is 19.2 Å². The molecule has 0 aliphatic carbocycles. The van der Waals surface area contributed by atoms with Crippen LogP contribution in [0.4, 0.5) is 0 Å². The van der Waals surface area contributed by atoms with Crippen LogP contribution in [0.1, 0.15) is 40.3 Å². The van der Waals surface area contributed by atoms with Crippen LogP contribution in [0.25, 0.3) is 22.4 Å². The molecular formula is C28H27ClN2O3S. The van der Waals surface area contributed by atoms with Crippen LogP contribution in [0.5, 0.6) is 5.75 Å². The van der Waals surface area contributed by atoms with Gasteiger partial charge in [0.2, 0.25) is 0 Å². The van der Waals surface area contributed by atoms with Crippen molar-refractivity contribution in [3.8, 4) is 28.1 Å². The summed E-state index contributed by atoms with van der Waals surface area (Å²) in [7, 11) is 1.70. The molecule has 1 fully saturated rings. The quantitative estimate of drug-likeness (QED) is 0.226. The third-order valence-corrected chi connectivity index (χ3v) is 7.68. The topological polar surface area (TPSA) is 55.6 Å². The number of benzene rings is 2. The summed E-state index contributed by atoms with van der Waals surface area (Å²) in [5, 5.41) is 4.23. The van der Waals surface area contributed by atoms with Gasteiger partial charge >= 0.3 is 0 Å². The predicted molar refractivity (Wildman–Crippen MR) is 140 cm³/mol. The zero-order valence-corrected chi connectivity index (χ0v) is 21.2. The highest BCUT2D eigenvalue weighted by atomic mass is 35.5. The van der Waals surface area contributed by atoms with Crippen molar-refractivity contribution >= 4 is 28.7 Å². The van der Waals surface area contributed by atoms with E-state index in [-0.39, 0.29) is 5.78 Å². The standard InChI is InChI=1S/C28H27ClN2O3S/c1-33-22-9-8-21(18-31-14-2-3-15-31)24(16-22)19-4-6-20(7-5-19)25-17-23(34-30-25)10-11-26(32)27-12-13-28(29)35-27/h4-9,12-13,16-17H,2-3,10-11,14-15,18H2,1H3. The van der Waals surface area contributed by atoms with Crippen molar-refractivity contribution in [2.45, 2.75) is 32.2 Å². The van der Waals surface area contributed by atoms with Gasteiger partial charge in [-0.2, -0.15) is 0 Å². The third-order valence-electron chi connectivity index (χ3n) is 6.41. The van der Waals surface area contributed by atoms with E-state index >= 15 is 0 Å². The van der Waals surface area contributed by atoms with Crippen molar-refractivity contribution in [1.29, 1.82) is 0 Å². The van der Waals surface area contributed by atoms with Gasteiger partial charge in [-0.1, -0.05) is 47.1 Å². The summed E-state index contributed by atoms with van der Waals surface area (Å²) in [5.74, 6) is 1.61. The number of halogens is 1. The lowest BCUT2D eigenvalue weighted by Crippen LogP contribution is -2.18. The number of rotatable bonds is 9. The Kier molecular flexibility index (Phi) is 7.32. The van der Waals surface area contributed by atoms with Crippen LogP contribution in [0, 0.1) is 0 Å². The molecule has 4 aromatic rings. The number of aryl methyl sites for hydroxylation is 1. The maximum atomic E-state index is 12.3. The Labute approximate surface area is 214 Å². The zero-order chi connectivity index (χ0) is 24.2. The molecule has 180 valence electrons. The summed E-state index contributed by atoms with van der Waals surface area (Å²) >= 11 is 7.24. The Morgan fingerprint density at radius 3 is 2.54 bits per heavy atom. The molecule has 0 radical (unpaired) electrons. The summed E-state index contributed by atoms with van der Waals surface area (Å²) in [6.45, 7) is 3.27. The maximum absolute atomic E-state index is 12.3. The fraction of sp³-hybridized carbons (Fsp3) is 0.286. The smallest absolute Gasteiger partial charge is 0.173 e. The van der Waals surface area contributed by atoms with Crippen LogP contribution < -0.4 is 4.74 Å². The number of ketones is 1. The molecule has 0 spiro atoms. The van der Waals surface area contributed by atoms with E-state index in [0.29, 0.717) is 27.8 Å². The van der Waals surface area contributed by atoms with Gasteiger partial charge in [0.15, 0.2) is 5.78 Å². The predicted octanol–water partition coefficient (Wildman–Crippen LogP) is 7.14. The average molecular weight is 507 g/mol. The van der Waals surface area contributed by atoms with Crippen LogP contribution >= 0.6 is 22.9 Å². The minimum Gasteiger partial charge on any atom is -0.497 e. The number of Topliss-reactive ketones (excluding diaryl/α,β-unsaturated/α-hetero) is 1. The van der Waals surface area contributed by atoms with Gasteiger partial charge in [0.25, 0.3) is 0 Å². The maximum Gasteiger partial charge on any atom is 0.173 e. The lowest BCUT2D eigenvalue weighted by molar-refractivity contribution is 0.0984. The Morgan fingerprint density at radius 1 is 1.06 bits per heavy atom. The molecular weight excluding hydrogens is 480 g/mol. The minimum atomic E-state index is 0.0622. The number of hydrogen-bond donors (Lipinski definition) is 0. The third kappa shape index (κ3) is 5.67. The molecule has 2 aromatic heterocycles. The second-order valence-corrected chi connectivity index (χ2v) is 10.5. The number of methoxy groups -OCH3 is 1. The molecule has 0 atom stereocenters. The highest BCUT2D eigenvalue weighted by Gasteiger charge is 2.16. The van der Waals surface area contributed by atoms with Gasteiger partial charge in [0.1, 0.15) is 17.2 Å². The first kappa shape index (κ1) is 23.8. The molecule has 2 aromatic carbocycles. The van der Waals surface area contributed by atoms with Crippen LogP contribution in [0.15, 0.2) is 65.2 Å². The number of nitrogens with zero attached hydrogens (tertiary/aromatic N) is 2. The lowest BCUT2D eigenvalue weighted by Gasteiger charge is -2.18. The average Bonchev–Trinajstić information content (AvgIpc) is 3.66. The number of carbonyl (C=O) groups excluding carboxylic acids is 1. The SMILES string of the molecule is COc1ccc(CN2CCCC2)c(-c2ccc(-c3cc(CCC(=O)c4ccc(Cl)s4)on3)cc2)c1. The van der Waals surface area contributed by atoms with Crippen molar-refractivity contribution < 1.29 is 14.1 Å². The van der Waals surface area contributed by atoms with Crippen LogP contribution in [0.3, 0.4) is 0 Å². The van der Waals surface area contributed by atoms with E-state index < -0.39 is 0 Å². The van der Waals surface area contributed by atoms with E-state index in [1.165, 1.54) is 35.3 Å². The summed E-state index contributed by atoms with van der Waals surface area (Å²) < 4.78 is 11.6. The first-order chi connectivity index (χ1) is 17.1. The number of carbonyl (C=O) groups is 1. The van der Waals surface area contributed by atoms with Crippen LogP contribution in [-0.4, -0.2) is 36.0 Å². The molecule has 1 aliphatic heterocycles. The highest BCUT2D eigenvalue weighted by molar-refractivity contribution is 7.18. The number of hydrogen-bond acceptors (Lipinski definition) is 6. The fourth-order valence-electron chi connectivity index (χ4n) is 4.48. The number of ether oxygens (including phenoxy) is 1. The molecule has 5 nitrogen and oxygen atoms in total. The second kappa shape index (κ2) is 10.8. The normalized spacial score (nSPS) is 13.9. The Bertz CT molecular complexity index is 1310. The largest absolute Gasteiger partial charge is 0.497 e. The molecule has 0 saturated carbocycles. The molecule has 1 saturated heterocycles. The lowest BCUT2D eigenvalue weighted by atomic mass is 9.97. The molecule has 1 aliphatic rings. The summed E-state index contributed by atoms with van der Waals surface area (Å²) in [4.78, 5) is 15.5.